The van der Waals surface area contributed by atoms with Crippen LogP contribution in [0.1, 0.15) is 23.1 Å². The van der Waals surface area contributed by atoms with Gasteiger partial charge in [-0.15, -0.1) is 11.3 Å². The minimum absolute atomic E-state index is 0.748. The van der Waals surface area contributed by atoms with E-state index in [1.807, 2.05) is 0 Å². The van der Waals surface area contributed by atoms with E-state index in [9.17, 15) is 0 Å². The zero-order valence-corrected chi connectivity index (χ0v) is 10.2. The fourth-order valence-electron chi connectivity index (χ4n) is 1.05. The standard InChI is InChI=1S/C10H16N2S2/c1-3-6-11-10(13)12-7-9-5-4-8(2)14-9/h4-5H,3,6-7H2,1-2H3,(H2,11,12,13). The van der Waals surface area contributed by atoms with Crippen LogP contribution < -0.4 is 10.6 Å². The van der Waals surface area contributed by atoms with Crippen LogP contribution >= 0.6 is 23.6 Å². The van der Waals surface area contributed by atoms with Crippen molar-refractivity contribution in [3.8, 4) is 0 Å². The molecule has 4 heteroatoms. The highest BCUT2D eigenvalue weighted by atomic mass is 32.1. The van der Waals surface area contributed by atoms with E-state index in [1.54, 1.807) is 11.3 Å². The molecule has 14 heavy (non-hydrogen) atoms. The van der Waals surface area contributed by atoms with Gasteiger partial charge in [0.25, 0.3) is 0 Å². The van der Waals surface area contributed by atoms with E-state index in [0.717, 1.165) is 24.6 Å². The van der Waals surface area contributed by atoms with Gasteiger partial charge in [-0.3, -0.25) is 0 Å². The molecule has 78 valence electrons. The molecule has 2 N–H and O–H groups in total. The highest BCUT2D eigenvalue weighted by Crippen LogP contribution is 2.14. The fraction of sp³-hybridized carbons (Fsp3) is 0.500. The van der Waals surface area contributed by atoms with E-state index < -0.39 is 0 Å². The molecule has 0 spiro atoms. The van der Waals surface area contributed by atoms with Crippen LogP contribution in [-0.4, -0.2) is 11.7 Å². The molecular formula is C10H16N2S2. The molecule has 0 saturated carbocycles. The first kappa shape index (κ1) is 11.5. The minimum Gasteiger partial charge on any atom is -0.363 e. The Morgan fingerprint density at radius 1 is 1.43 bits per heavy atom. The van der Waals surface area contributed by atoms with Crippen molar-refractivity contribution < 1.29 is 0 Å². The largest absolute Gasteiger partial charge is 0.363 e. The molecule has 1 aromatic heterocycles. The zero-order valence-electron chi connectivity index (χ0n) is 8.59. The van der Waals surface area contributed by atoms with Crippen molar-refractivity contribution in [3.05, 3.63) is 21.9 Å². The summed E-state index contributed by atoms with van der Waals surface area (Å²) in [6.45, 7) is 6.00. The van der Waals surface area contributed by atoms with Gasteiger partial charge in [0.15, 0.2) is 5.11 Å². The van der Waals surface area contributed by atoms with Gasteiger partial charge in [0, 0.05) is 16.3 Å². The zero-order chi connectivity index (χ0) is 10.4. The van der Waals surface area contributed by atoms with Gasteiger partial charge in [0.2, 0.25) is 0 Å². The van der Waals surface area contributed by atoms with E-state index in [0.29, 0.717) is 0 Å². The first-order valence-corrected chi connectivity index (χ1v) is 6.02. The predicted molar refractivity (Wildman–Crippen MR) is 66.8 cm³/mol. The monoisotopic (exact) mass is 228 g/mol. The average molecular weight is 228 g/mol. The maximum atomic E-state index is 5.11. The maximum absolute atomic E-state index is 5.11. The number of hydrogen-bond donors (Lipinski definition) is 2. The Morgan fingerprint density at radius 2 is 2.21 bits per heavy atom. The van der Waals surface area contributed by atoms with Crippen molar-refractivity contribution in [1.82, 2.24) is 10.6 Å². The molecule has 1 rings (SSSR count). The van der Waals surface area contributed by atoms with E-state index in [2.05, 4.69) is 36.6 Å². The second-order valence-corrected chi connectivity index (χ2v) is 4.90. The summed E-state index contributed by atoms with van der Waals surface area (Å²) in [5, 5.41) is 7.06. The number of aryl methyl sites for hydroxylation is 1. The summed E-state index contributed by atoms with van der Waals surface area (Å²) in [6, 6.07) is 4.26. The normalized spacial score (nSPS) is 9.86. The number of rotatable bonds is 4. The molecule has 1 heterocycles. The molecule has 0 unspecified atom stereocenters. The average Bonchev–Trinajstić information content (AvgIpc) is 2.58. The van der Waals surface area contributed by atoms with Crippen LogP contribution in [0.15, 0.2) is 12.1 Å². The quantitative estimate of drug-likeness (QED) is 0.774. The van der Waals surface area contributed by atoms with Crippen LogP contribution in [0, 0.1) is 6.92 Å². The van der Waals surface area contributed by atoms with Crippen molar-refractivity contribution in [2.24, 2.45) is 0 Å². The third-order valence-corrected chi connectivity index (χ3v) is 3.04. The van der Waals surface area contributed by atoms with E-state index >= 15 is 0 Å². The third-order valence-electron chi connectivity index (χ3n) is 1.75. The maximum Gasteiger partial charge on any atom is 0.166 e. The summed E-state index contributed by atoms with van der Waals surface area (Å²) in [6.07, 6.45) is 1.10. The van der Waals surface area contributed by atoms with E-state index in [-0.39, 0.29) is 0 Å². The third kappa shape index (κ3) is 4.07. The molecule has 0 amide bonds. The van der Waals surface area contributed by atoms with Crippen molar-refractivity contribution >= 4 is 28.7 Å². The molecular weight excluding hydrogens is 212 g/mol. The Kier molecular flexibility index (Phi) is 4.90. The highest BCUT2D eigenvalue weighted by Gasteiger charge is 1.97. The van der Waals surface area contributed by atoms with Gasteiger partial charge in [-0.25, -0.2) is 0 Å². The lowest BCUT2D eigenvalue weighted by Crippen LogP contribution is -2.34. The molecule has 0 aromatic carbocycles. The Labute approximate surface area is 94.7 Å². The summed E-state index contributed by atoms with van der Waals surface area (Å²) in [4.78, 5) is 2.66. The van der Waals surface area contributed by atoms with Gasteiger partial charge in [0.1, 0.15) is 0 Å². The summed E-state index contributed by atoms with van der Waals surface area (Å²) < 4.78 is 0. The number of nitrogens with one attached hydrogen (secondary N) is 2. The van der Waals surface area contributed by atoms with Crippen LogP contribution in [0.4, 0.5) is 0 Å². The fourth-order valence-corrected chi connectivity index (χ4v) is 2.05. The smallest absolute Gasteiger partial charge is 0.166 e. The van der Waals surface area contributed by atoms with E-state index in [1.165, 1.54) is 9.75 Å². The molecule has 0 aliphatic carbocycles. The van der Waals surface area contributed by atoms with Gasteiger partial charge in [-0.05, 0) is 37.7 Å². The summed E-state index contributed by atoms with van der Waals surface area (Å²) in [5.74, 6) is 0. The van der Waals surface area contributed by atoms with Crippen LogP contribution in [0.25, 0.3) is 0 Å². The van der Waals surface area contributed by atoms with E-state index in [4.69, 9.17) is 12.2 Å². The summed E-state index contributed by atoms with van der Waals surface area (Å²) >= 11 is 6.91. The van der Waals surface area contributed by atoms with Gasteiger partial charge in [-0.2, -0.15) is 0 Å². The van der Waals surface area contributed by atoms with Crippen molar-refractivity contribution in [2.45, 2.75) is 26.8 Å². The highest BCUT2D eigenvalue weighted by molar-refractivity contribution is 7.80. The molecule has 1 aromatic rings. The SMILES string of the molecule is CCCNC(=S)NCc1ccc(C)s1. The molecule has 0 radical (unpaired) electrons. The molecule has 0 atom stereocenters. The second-order valence-electron chi connectivity index (χ2n) is 3.12. The minimum atomic E-state index is 0.748. The lowest BCUT2D eigenvalue weighted by atomic mass is 10.4. The first-order chi connectivity index (χ1) is 6.72. The lowest BCUT2D eigenvalue weighted by molar-refractivity contribution is 0.803. The van der Waals surface area contributed by atoms with Gasteiger partial charge >= 0.3 is 0 Å². The van der Waals surface area contributed by atoms with Crippen LogP contribution in [0.5, 0.6) is 0 Å². The summed E-state index contributed by atoms with van der Waals surface area (Å²) in [5.41, 5.74) is 0. The van der Waals surface area contributed by atoms with Crippen LogP contribution in [-0.2, 0) is 6.54 Å². The Hall–Kier alpha value is -0.610. The number of thiocarbonyl (C=S) groups is 1. The Morgan fingerprint density at radius 3 is 2.79 bits per heavy atom. The molecule has 0 aliphatic rings. The number of thiophene rings is 1. The Bertz CT molecular complexity index is 294. The van der Waals surface area contributed by atoms with Crippen LogP contribution in [0.2, 0.25) is 0 Å². The van der Waals surface area contributed by atoms with Crippen molar-refractivity contribution in [2.75, 3.05) is 6.54 Å². The van der Waals surface area contributed by atoms with Gasteiger partial charge < -0.3 is 10.6 Å². The van der Waals surface area contributed by atoms with Gasteiger partial charge in [0.05, 0.1) is 6.54 Å². The van der Waals surface area contributed by atoms with Crippen molar-refractivity contribution in [1.29, 1.82) is 0 Å². The first-order valence-electron chi connectivity index (χ1n) is 4.79. The predicted octanol–water partition coefficient (Wildman–Crippen LogP) is 2.43. The Balaban J connectivity index is 2.23. The molecule has 0 fully saturated rings. The molecule has 2 nitrogen and oxygen atoms in total. The molecule has 0 bridgehead atoms. The van der Waals surface area contributed by atoms with Crippen molar-refractivity contribution in [3.63, 3.8) is 0 Å². The number of hydrogen-bond acceptors (Lipinski definition) is 2. The lowest BCUT2D eigenvalue weighted by Gasteiger charge is -2.07. The summed E-state index contributed by atoms with van der Waals surface area (Å²) in [7, 11) is 0. The molecule has 0 aliphatic heterocycles. The molecule has 0 saturated heterocycles. The topological polar surface area (TPSA) is 24.1 Å². The second kappa shape index (κ2) is 5.98. The van der Waals surface area contributed by atoms with Gasteiger partial charge in [-0.1, -0.05) is 6.92 Å². The van der Waals surface area contributed by atoms with Crippen LogP contribution in [0.3, 0.4) is 0 Å².